The lowest BCUT2D eigenvalue weighted by molar-refractivity contribution is -0.0896. The highest BCUT2D eigenvalue weighted by Gasteiger charge is 2.60. The molecule has 3 N–H and O–H groups in total. The second kappa shape index (κ2) is 8.29. The van der Waals surface area contributed by atoms with Crippen LogP contribution in [0.2, 0.25) is 0 Å². The number of nitrogens with zero attached hydrogens (tertiary/aromatic N) is 2. The van der Waals surface area contributed by atoms with Crippen LogP contribution in [-0.4, -0.2) is 33.9 Å². The van der Waals surface area contributed by atoms with Crippen LogP contribution in [0, 0.1) is 0 Å². The number of rotatable bonds is 6. The van der Waals surface area contributed by atoms with Gasteiger partial charge < -0.3 is 11.1 Å². The van der Waals surface area contributed by atoms with E-state index >= 15 is 0 Å². The number of hydrogen-bond acceptors (Lipinski definition) is 5. The van der Waals surface area contributed by atoms with Crippen molar-refractivity contribution < 1.29 is 26.7 Å². The first kappa shape index (κ1) is 23.7. The zero-order valence-electron chi connectivity index (χ0n) is 16.5. The molecule has 0 aliphatic carbocycles. The van der Waals surface area contributed by atoms with Gasteiger partial charge in [0.15, 0.2) is 16.2 Å². The molecule has 1 aromatic heterocycles. The number of allylic oxidation sites excluding steroid dienone is 3. The normalized spacial score (nSPS) is 26.9. The second-order valence-electron chi connectivity index (χ2n) is 7.22. The topological polar surface area (TPSA) is 80.4 Å². The van der Waals surface area contributed by atoms with E-state index in [1.165, 1.54) is 12.3 Å². The highest BCUT2D eigenvalue weighted by atomic mass is 32.1. The van der Waals surface area contributed by atoms with E-state index in [2.05, 4.69) is 21.9 Å². The minimum absolute atomic E-state index is 0.0118. The second-order valence-corrected chi connectivity index (χ2v) is 8.08. The van der Waals surface area contributed by atoms with E-state index < -0.39 is 53.4 Å². The molecule has 0 saturated heterocycles. The SMILES string of the molecule is C=C(/C(F)=C\C=C(/C)NC(=O)c1nc(CF)cs1)[C@@]1(C)N=C(N)[C@](C)(F)CC1(F)F. The Morgan fingerprint density at radius 2 is 2.00 bits per heavy atom. The summed E-state index contributed by atoms with van der Waals surface area (Å²) in [4.78, 5) is 19.3. The molecule has 0 radical (unpaired) electrons. The lowest BCUT2D eigenvalue weighted by Gasteiger charge is -2.42. The molecule has 2 atom stereocenters. The maximum Gasteiger partial charge on any atom is 0.284 e. The van der Waals surface area contributed by atoms with Gasteiger partial charge in [0.05, 0.1) is 12.1 Å². The van der Waals surface area contributed by atoms with Gasteiger partial charge in [-0.25, -0.2) is 26.9 Å². The van der Waals surface area contributed by atoms with Crippen molar-refractivity contribution in [3.8, 4) is 0 Å². The van der Waals surface area contributed by atoms with Crippen molar-refractivity contribution in [3.63, 3.8) is 0 Å². The van der Waals surface area contributed by atoms with E-state index in [0.717, 1.165) is 37.3 Å². The summed E-state index contributed by atoms with van der Waals surface area (Å²) in [7, 11) is 0. The number of halogens is 5. The highest BCUT2D eigenvalue weighted by Crippen LogP contribution is 2.48. The van der Waals surface area contributed by atoms with Gasteiger partial charge in [0.1, 0.15) is 18.3 Å². The fourth-order valence-corrected chi connectivity index (χ4v) is 3.38. The smallest absolute Gasteiger partial charge is 0.284 e. The Balaban J connectivity index is 2.20. The molecule has 1 amide bonds. The summed E-state index contributed by atoms with van der Waals surface area (Å²) in [5.41, 5.74) is 0.0533. The standard InChI is InChI=1S/C19H21F5N4OS/c1-10(26-14(29)15-27-12(7-20)8-30-15)5-6-13(21)11(2)18(4)19(23,24)9-17(3,22)16(25)28-18/h5-6,8H,2,7,9H2,1,3-4H3,(H2,25,28)(H,26,29)/b10-5+,13-6+/t17-,18-/m1/s1. The maximum absolute atomic E-state index is 14.6. The molecule has 1 aromatic rings. The number of thiazole rings is 1. The Morgan fingerprint density at radius 3 is 2.57 bits per heavy atom. The number of nitrogens with one attached hydrogen (secondary N) is 1. The summed E-state index contributed by atoms with van der Waals surface area (Å²) < 4.78 is 70.4. The molecule has 1 aliphatic heterocycles. The fourth-order valence-electron chi connectivity index (χ4n) is 2.69. The molecule has 0 spiro atoms. The molecule has 11 heteroatoms. The number of nitrogens with two attached hydrogens (primary N) is 1. The largest absolute Gasteiger partial charge is 0.385 e. The Bertz CT molecular complexity index is 950. The van der Waals surface area contributed by atoms with E-state index in [1.54, 1.807) is 0 Å². The Labute approximate surface area is 174 Å². The Morgan fingerprint density at radius 1 is 1.37 bits per heavy atom. The maximum atomic E-state index is 14.6. The van der Waals surface area contributed by atoms with Gasteiger partial charge in [-0.2, -0.15) is 0 Å². The minimum Gasteiger partial charge on any atom is -0.385 e. The van der Waals surface area contributed by atoms with Crippen LogP contribution in [0.3, 0.4) is 0 Å². The molecule has 0 fully saturated rings. The summed E-state index contributed by atoms with van der Waals surface area (Å²) >= 11 is 0.937. The van der Waals surface area contributed by atoms with Crippen LogP contribution in [0.15, 0.2) is 46.2 Å². The first-order valence-electron chi connectivity index (χ1n) is 8.71. The number of alkyl halides is 4. The number of carbonyl (C=O) groups is 1. The molecule has 2 heterocycles. The van der Waals surface area contributed by atoms with Crippen molar-refractivity contribution in [1.82, 2.24) is 10.3 Å². The van der Waals surface area contributed by atoms with Crippen molar-refractivity contribution in [2.75, 3.05) is 0 Å². The van der Waals surface area contributed by atoms with Crippen LogP contribution in [0.1, 0.15) is 42.7 Å². The highest BCUT2D eigenvalue weighted by molar-refractivity contribution is 7.11. The molecule has 0 saturated carbocycles. The van der Waals surface area contributed by atoms with E-state index in [-0.39, 0.29) is 16.4 Å². The molecule has 0 bridgehead atoms. The predicted molar refractivity (Wildman–Crippen MR) is 106 cm³/mol. The molecular formula is C19H21F5N4OS. The molecule has 1 aliphatic rings. The summed E-state index contributed by atoms with van der Waals surface area (Å²) in [6.07, 6.45) is 0.680. The van der Waals surface area contributed by atoms with E-state index in [4.69, 9.17) is 5.73 Å². The van der Waals surface area contributed by atoms with Gasteiger partial charge in [0, 0.05) is 16.7 Å². The third kappa shape index (κ3) is 4.61. The average molecular weight is 448 g/mol. The van der Waals surface area contributed by atoms with E-state index in [1.807, 2.05) is 0 Å². The van der Waals surface area contributed by atoms with E-state index in [9.17, 15) is 26.7 Å². The van der Waals surface area contributed by atoms with Crippen LogP contribution < -0.4 is 11.1 Å². The van der Waals surface area contributed by atoms with Crippen molar-refractivity contribution in [2.45, 2.75) is 51.0 Å². The minimum atomic E-state index is -3.74. The first-order chi connectivity index (χ1) is 13.7. The number of aromatic nitrogens is 1. The summed E-state index contributed by atoms with van der Waals surface area (Å²) in [6, 6.07) is 0. The molecular weight excluding hydrogens is 427 g/mol. The number of amides is 1. The molecule has 164 valence electrons. The third-order valence-electron chi connectivity index (χ3n) is 4.69. The lowest BCUT2D eigenvalue weighted by atomic mass is 9.77. The quantitative estimate of drug-likeness (QED) is 0.495. The molecule has 30 heavy (non-hydrogen) atoms. The molecule has 0 aromatic carbocycles. The van der Waals surface area contributed by atoms with Gasteiger partial charge in [0.2, 0.25) is 0 Å². The Kier molecular flexibility index (Phi) is 6.55. The zero-order chi connectivity index (χ0) is 22.9. The van der Waals surface area contributed by atoms with Gasteiger partial charge in [-0.3, -0.25) is 9.79 Å². The molecule has 5 nitrogen and oxygen atoms in total. The number of aliphatic imine (C=N–C) groups is 1. The zero-order valence-corrected chi connectivity index (χ0v) is 17.3. The van der Waals surface area contributed by atoms with Crippen molar-refractivity contribution in [3.05, 3.63) is 51.9 Å². The van der Waals surface area contributed by atoms with Crippen LogP contribution in [-0.2, 0) is 6.67 Å². The van der Waals surface area contributed by atoms with Crippen LogP contribution in [0.25, 0.3) is 0 Å². The number of hydrogen-bond donors (Lipinski definition) is 2. The fraction of sp³-hybridized carbons (Fsp3) is 0.421. The van der Waals surface area contributed by atoms with Crippen LogP contribution >= 0.6 is 11.3 Å². The summed E-state index contributed by atoms with van der Waals surface area (Å²) in [6.45, 7) is 5.77. The van der Waals surface area contributed by atoms with Crippen molar-refractivity contribution in [1.29, 1.82) is 0 Å². The summed E-state index contributed by atoms with van der Waals surface area (Å²) in [5, 5.41) is 3.81. The first-order valence-corrected chi connectivity index (χ1v) is 9.59. The predicted octanol–water partition coefficient (Wildman–Crippen LogP) is 4.54. The van der Waals surface area contributed by atoms with Gasteiger partial charge in [-0.05, 0) is 32.9 Å². The average Bonchev–Trinajstić information content (AvgIpc) is 3.12. The van der Waals surface area contributed by atoms with Crippen LogP contribution in [0.4, 0.5) is 22.0 Å². The van der Waals surface area contributed by atoms with Crippen molar-refractivity contribution in [2.24, 2.45) is 10.7 Å². The van der Waals surface area contributed by atoms with Gasteiger partial charge in [-0.15, -0.1) is 11.3 Å². The summed E-state index contributed by atoms with van der Waals surface area (Å²) in [5.74, 6) is -6.18. The third-order valence-corrected chi connectivity index (χ3v) is 5.58. The van der Waals surface area contributed by atoms with Crippen molar-refractivity contribution >= 4 is 23.1 Å². The molecule has 0 unspecified atom stereocenters. The van der Waals surface area contributed by atoms with Gasteiger partial charge in [-0.1, -0.05) is 6.58 Å². The van der Waals surface area contributed by atoms with Gasteiger partial charge >= 0.3 is 0 Å². The number of carbonyl (C=O) groups excluding carboxylic acids is 1. The van der Waals surface area contributed by atoms with Gasteiger partial charge in [0.25, 0.3) is 11.8 Å². The lowest BCUT2D eigenvalue weighted by Crippen LogP contribution is -2.58. The van der Waals surface area contributed by atoms with Crippen LogP contribution in [0.5, 0.6) is 0 Å². The molecule has 2 rings (SSSR count). The monoisotopic (exact) mass is 448 g/mol. The number of amidine groups is 1. The van der Waals surface area contributed by atoms with E-state index in [0.29, 0.717) is 0 Å². The Hall–Kier alpha value is -2.56.